The van der Waals surface area contributed by atoms with E-state index in [9.17, 15) is 14.7 Å². The van der Waals surface area contributed by atoms with Crippen molar-refractivity contribution in [3.8, 4) is 16.9 Å². The van der Waals surface area contributed by atoms with Gasteiger partial charge in [-0.15, -0.1) is 0 Å². The van der Waals surface area contributed by atoms with Crippen molar-refractivity contribution in [1.29, 1.82) is 0 Å². The van der Waals surface area contributed by atoms with Gasteiger partial charge >= 0.3 is 5.97 Å². The number of rotatable bonds is 5. The van der Waals surface area contributed by atoms with Gasteiger partial charge in [0.15, 0.2) is 0 Å². The Bertz CT molecular complexity index is 1170. The molecular weight excluding hydrogens is 404 g/mol. The number of benzene rings is 2. The summed E-state index contributed by atoms with van der Waals surface area (Å²) in [7, 11) is 0. The summed E-state index contributed by atoms with van der Waals surface area (Å²) in [6, 6.07) is 16.5. The highest BCUT2D eigenvalue weighted by atomic mass is 16.5. The lowest BCUT2D eigenvalue weighted by molar-refractivity contribution is -0.149. The molecule has 2 N–H and O–H groups in total. The molecule has 0 unspecified atom stereocenters. The molecule has 6 heteroatoms. The number of hydrogen-bond acceptors (Lipinski definition) is 4. The van der Waals surface area contributed by atoms with Crippen LogP contribution in [0.5, 0.6) is 5.75 Å². The van der Waals surface area contributed by atoms with E-state index in [1.807, 2.05) is 63.2 Å². The average molecular weight is 431 g/mol. The Morgan fingerprint density at radius 3 is 2.50 bits per heavy atom. The molecule has 2 aromatic carbocycles. The SMILES string of the molecule is CC(C)(C)[C@](Cc1ccccc1)(NC(=O)c1ccc2c(c1)OCc1cnccc1-2)C(=O)O. The summed E-state index contributed by atoms with van der Waals surface area (Å²) >= 11 is 0. The van der Waals surface area contributed by atoms with Gasteiger partial charge in [0.25, 0.3) is 5.91 Å². The number of ether oxygens (including phenoxy) is 1. The Kier molecular flexibility index (Phi) is 5.46. The minimum atomic E-state index is -1.50. The molecule has 0 saturated carbocycles. The van der Waals surface area contributed by atoms with Crippen LogP contribution in [-0.2, 0) is 17.8 Å². The maximum Gasteiger partial charge on any atom is 0.330 e. The number of carboxylic acid groups (broad SMARTS) is 1. The number of aliphatic carboxylic acids is 1. The standard InChI is InChI=1S/C26H26N2O4/c1-25(2,3)26(24(30)31,14-17-7-5-4-6-8-17)28-23(29)18-9-10-21-20-11-12-27-15-19(20)16-32-22(21)13-18/h4-13,15H,14,16H2,1-3H3,(H,28,29)(H,30,31)/t26-/m1/s1. The van der Waals surface area contributed by atoms with Crippen molar-refractivity contribution in [2.45, 2.75) is 39.3 Å². The highest BCUT2D eigenvalue weighted by molar-refractivity contribution is 5.99. The first kappa shape index (κ1) is 21.6. The van der Waals surface area contributed by atoms with Crippen LogP contribution in [0.25, 0.3) is 11.1 Å². The van der Waals surface area contributed by atoms with E-state index in [1.54, 1.807) is 24.5 Å². The number of fused-ring (bicyclic) bond motifs is 3. The Hall–Kier alpha value is -3.67. The lowest BCUT2D eigenvalue weighted by atomic mass is 9.70. The van der Waals surface area contributed by atoms with E-state index < -0.39 is 22.8 Å². The number of amides is 1. The molecule has 1 atom stereocenters. The molecule has 32 heavy (non-hydrogen) atoms. The Labute approximate surface area is 187 Å². The molecule has 1 aromatic heterocycles. The lowest BCUT2D eigenvalue weighted by Gasteiger charge is -2.42. The predicted octanol–water partition coefficient (Wildman–Crippen LogP) is 4.48. The van der Waals surface area contributed by atoms with Crippen LogP contribution in [0.15, 0.2) is 67.0 Å². The third-order valence-corrected chi connectivity index (χ3v) is 6.11. The van der Waals surface area contributed by atoms with Crippen LogP contribution >= 0.6 is 0 Å². The van der Waals surface area contributed by atoms with Crippen LogP contribution in [0, 0.1) is 5.41 Å². The van der Waals surface area contributed by atoms with Gasteiger partial charge in [0, 0.05) is 35.5 Å². The second kappa shape index (κ2) is 8.11. The van der Waals surface area contributed by atoms with E-state index in [-0.39, 0.29) is 6.42 Å². The van der Waals surface area contributed by atoms with E-state index in [1.165, 1.54) is 0 Å². The van der Waals surface area contributed by atoms with Crippen molar-refractivity contribution in [2.75, 3.05) is 0 Å². The summed E-state index contributed by atoms with van der Waals surface area (Å²) in [5.74, 6) is -0.931. The molecule has 1 amide bonds. The largest absolute Gasteiger partial charge is 0.488 e. The van der Waals surface area contributed by atoms with Crippen molar-refractivity contribution in [3.63, 3.8) is 0 Å². The highest BCUT2D eigenvalue weighted by Gasteiger charge is 2.50. The monoisotopic (exact) mass is 430 g/mol. The minimum Gasteiger partial charge on any atom is -0.488 e. The highest BCUT2D eigenvalue weighted by Crippen LogP contribution is 2.38. The van der Waals surface area contributed by atoms with Crippen molar-refractivity contribution in [2.24, 2.45) is 5.41 Å². The van der Waals surface area contributed by atoms with Crippen LogP contribution in [0.1, 0.15) is 42.3 Å². The van der Waals surface area contributed by atoms with Crippen LogP contribution in [-0.4, -0.2) is 27.5 Å². The van der Waals surface area contributed by atoms with Crippen LogP contribution in [0.4, 0.5) is 0 Å². The summed E-state index contributed by atoms with van der Waals surface area (Å²) in [5, 5.41) is 13.1. The number of nitrogens with one attached hydrogen (secondary N) is 1. The molecule has 164 valence electrons. The van der Waals surface area contributed by atoms with E-state index in [4.69, 9.17) is 4.74 Å². The average Bonchev–Trinajstić information content (AvgIpc) is 2.77. The first-order valence-electron chi connectivity index (χ1n) is 10.5. The van der Waals surface area contributed by atoms with Gasteiger partial charge in [-0.25, -0.2) is 4.79 Å². The van der Waals surface area contributed by atoms with E-state index in [2.05, 4.69) is 10.3 Å². The van der Waals surface area contributed by atoms with Gasteiger partial charge in [0.05, 0.1) is 0 Å². The quantitative estimate of drug-likeness (QED) is 0.623. The first-order valence-corrected chi connectivity index (χ1v) is 10.5. The van der Waals surface area contributed by atoms with Gasteiger partial charge < -0.3 is 15.2 Å². The summed E-state index contributed by atoms with van der Waals surface area (Å²) in [4.78, 5) is 30.0. The van der Waals surface area contributed by atoms with Gasteiger partial charge in [0.1, 0.15) is 17.9 Å². The second-order valence-electron chi connectivity index (χ2n) is 9.11. The van der Waals surface area contributed by atoms with Gasteiger partial charge in [-0.1, -0.05) is 51.1 Å². The molecule has 0 saturated heterocycles. The third-order valence-electron chi connectivity index (χ3n) is 6.11. The first-order chi connectivity index (χ1) is 15.2. The number of pyridine rings is 1. The van der Waals surface area contributed by atoms with Crippen molar-refractivity contribution < 1.29 is 19.4 Å². The zero-order chi connectivity index (χ0) is 22.9. The third kappa shape index (κ3) is 3.84. The maximum absolute atomic E-state index is 13.3. The number of hydrogen-bond donors (Lipinski definition) is 2. The molecule has 0 aliphatic carbocycles. The fourth-order valence-corrected chi connectivity index (χ4v) is 4.08. The van der Waals surface area contributed by atoms with Crippen molar-refractivity contribution >= 4 is 11.9 Å². The number of carboxylic acids is 1. The molecule has 0 spiro atoms. The lowest BCUT2D eigenvalue weighted by Crippen LogP contribution is -2.63. The number of carbonyl (C=O) groups excluding carboxylic acids is 1. The van der Waals surface area contributed by atoms with E-state index >= 15 is 0 Å². The van der Waals surface area contributed by atoms with Gasteiger partial charge in [-0.05, 0) is 40.8 Å². The summed E-state index contributed by atoms with van der Waals surface area (Å²) in [6.07, 6.45) is 3.66. The Morgan fingerprint density at radius 2 is 1.81 bits per heavy atom. The van der Waals surface area contributed by atoms with Crippen LogP contribution < -0.4 is 10.1 Å². The number of nitrogens with zero attached hydrogens (tertiary/aromatic N) is 1. The molecule has 1 aliphatic heterocycles. The zero-order valence-electron chi connectivity index (χ0n) is 18.4. The summed E-state index contributed by atoms with van der Waals surface area (Å²) < 4.78 is 5.84. The number of aromatic nitrogens is 1. The zero-order valence-corrected chi connectivity index (χ0v) is 18.4. The Balaban J connectivity index is 1.68. The fraction of sp³-hybridized carbons (Fsp3) is 0.269. The van der Waals surface area contributed by atoms with Gasteiger partial charge in [0.2, 0.25) is 0 Å². The fourth-order valence-electron chi connectivity index (χ4n) is 4.08. The maximum atomic E-state index is 13.3. The molecular formula is C26H26N2O4. The molecule has 0 bridgehead atoms. The molecule has 6 nitrogen and oxygen atoms in total. The smallest absolute Gasteiger partial charge is 0.330 e. The molecule has 4 rings (SSSR count). The van der Waals surface area contributed by atoms with Crippen LogP contribution in [0.3, 0.4) is 0 Å². The van der Waals surface area contributed by atoms with E-state index in [0.717, 1.165) is 22.3 Å². The van der Waals surface area contributed by atoms with Gasteiger partial charge in [-0.3, -0.25) is 9.78 Å². The Morgan fingerprint density at radius 1 is 1.06 bits per heavy atom. The normalized spacial score (nSPS) is 14.3. The van der Waals surface area contributed by atoms with Crippen molar-refractivity contribution in [1.82, 2.24) is 10.3 Å². The van der Waals surface area contributed by atoms with Crippen LogP contribution in [0.2, 0.25) is 0 Å². The molecule has 1 aliphatic rings. The summed E-state index contributed by atoms with van der Waals surface area (Å²) in [5.41, 5.74) is 1.83. The molecule has 3 aromatic rings. The molecule has 2 heterocycles. The topological polar surface area (TPSA) is 88.5 Å². The predicted molar refractivity (Wildman–Crippen MR) is 121 cm³/mol. The number of carbonyl (C=O) groups is 2. The minimum absolute atomic E-state index is 0.167. The second-order valence-corrected chi connectivity index (χ2v) is 9.11. The van der Waals surface area contributed by atoms with Crippen molar-refractivity contribution in [3.05, 3.63) is 83.7 Å². The molecule has 0 fully saturated rings. The van der Waals surface area contributed by atoms with Gasteiger partial charge in [-0.2, -0.15) is 0 Å². The summed E-state index contributed by atoms with van der Waals surface area (Å²) in [6.45, 7) is 5.85. The van der Waals surface area contributed by atoms with E-state index in [0.29, 0.717) is 17.9 Å². The molecule has 0 radical (unpaired) electrons.